The van der Waals surface area contributed by atoms with Gasteiger partial charge in [0.25, 0.3) is 0 Å². The Hall–Kier alpha value is -1.72. The molecule has 19 heavy (non-hydrogen) atoms. The van der Waals surface area contributed by atoms with Crippen LogP contribution in [0.15, 0.2) is 36.7 Å². The minimum atomic E-state index is 1.08. The first-order valence-corrected chi connectivity index (χ1v) is 6.80. The van der Waals surface area contributed by atoms with Gasteiger partial charge in [0.05, 0.1) is 18.1 Å². The van der Waals surface area contributed by atoms with Crippen molar-refractivity contribution in [2.75, 3.05) is 32.7 Å². The van der Waals surface area contributed by atoms with Crippen LogP contribution in [0.4, 0.5) is 0 Å². The lowest BCUT2D eigenvalue weighted by Gasteiger charge is -2.27. The molecule has 1 aliphatic heterocycles. The van der Waals surface area contributed by atoms with Crippen LogP contribution in [0, 0.1) is 0 Å². The zero-order chi connectivity index (χ0) is 12.9. The van der Waals surface area contributed by atoms with E-state index < -0.39 is 0 Å². The molecule has 0 unspecified atom stereocenters. The van der Waals surface area contributed by atoms with E-state index in [0.29, 0.717) is 0 Å². The first-order chi connectivity index (χ1) is 9.42. The molecular formula is C14H19N5. The lowest BCUT2D eigenvalue weighted by Crippen LogP contribution is -2.44. The zero-order valence-electron chi connectivity index (χ0n) is 11.0. The fraction of sp³-hybridized carbons (Fsp3) is 0.429. The smallest absolute Gasteiger partial charge is 0.0697 e. The Bertz CT molecular complexity index is 502. The second kappa shape index (κ2) is 5.95. The van der Waals surface area contributed by atoms with Gasteiger partial charge in [-0.15, -0.1) is 5.10 Å². The van der Waals surface area contributed by atoms with Gasteiger partial charge in [0.15, 0.2) is 0 Å². The van der Waals surface area contributed by atoms with Crippen LogP contribution in [0.3, 0.4) is 0 Å². The summed E-state index contributed by atoms with van der Waals surface area (Å²) in [5.74, 6) is 0. The number of piperazine rings is 1. The maximum Gasteiger partial charge on any atom is 0.0697 e. The molecule has 2 heterocycles. The van der Waals surface area contributed by atoms with Crippen molar-refractivity contribution in [2.45, 2.75) is 6.42 Å². The molecular weight excluding hydrogens is 238 g/mol. The van der Waals surface area contributed by atoms with Gasteiger partial charge in [-0.2, -0.15) is 0 Å². The quantitative estimate of drug-likeness (QED) is 0.876. The third kappa shape index (κ3) is 3.19. The Morgan fingerprint density at radius 1 is 1.21 bits per heavy atom. The van der Waals surface area contributed by atoms with Crippen molar-refractivity contribution in [3.05, 3.63) is 42.2 Å². The molecule has 0 amide bonds. The fourth-order valence-corrected chi connectivity index (χ4v) is 2.42. The summed E-state index contributed by atoms with van der Waals surface area (Å²) in [5.41, 5.74) is 2.43. The summed E-state index contributed by atoms with van der Waals surface area (Å²) in [4.78, 5) is 2.51. The van der Waals surface area contributed by atoms with Gasteiger partial charge < -0.3 is 10.2 Å². The van der Waals surface area contributed by atoms with Crippen molar-refractivity contribution >= 4 is 0 Å². The van der Waals surface area contributed by atoms with Crippen LogP contribution in [0.5, 0.6) is 0 Å². The van der Waals surface area contributed by atoms with E-state index in [4.69, 9.17) is 0 Å². The Kier molecular flexibility index (Phi) is 3.86. The van der Waals surface area contributed by atoms with Gasteiger partial charge in [-0.1, -0.05) is 17.3 Å². The molecule has 0 bridgehead atoms. The van der Waals surface area contributed by atoms with E-state index in [0.717, 1.165) is 44.8 Å². The van der Waals surface area contributed by atoms with Crippen molar-refractivity contribution in [3.63, 3.8) is 0 Å². The van der Waals surface area contributed by atoms with Crippen LogP contribution in [0.25, 0.3) is 5.69 Å². The van der Waals surface area contributed by atoms with Gasteiger partial charge in [-0.25, -0.2) is 4.68 Å². The van der Waals surface area contributed by atoms with Crippen molar-refractivity contribution in [2.24, 2.45) is 0 Å². The third-order valence-corrected chi connectivity index (χ3v) is 3.52. The lowest BCUT2D eigenvalue weighted by molar-refractivity contribution is 0.244. The molecule has 0 radical (unpaired) electrons. The largest absolute Gasteiger partial charge is 0.314 e. The van der Waals surface area contributed by atoms with Crippen LogP contribution in [-0.4, -0.2) is 52.6 Å². The molecule has 100 valence electrons. The molecule has 2 aromatic rings. The summed E-state index contributed by atoms with van der Waals surface area (Å²) in [6, 6.07) is 8.52. The average molecular weight is 257 g/mol. The van der Waals surface area contributed by atoms with Crippen molar-refractivity contribution in [1.29, 1.82) is 0 Å². The van der Waals surface area contributed by atoms with Crippen LogP contribution in [0.1, 0.15) is 5.56 Å². The number of aromatic nitrogens is 3. The van der Waals surface area contributed by atoms with E-state index in [1.165, 1.54) is 5.56 Å². The summed E-state index contributed by atoms with van der Waals surface area (Å²) in [6.07, 6.45) is 4.66. The molecule has 1 aliphatic rings. The normalized spacial score (nSPS) is 16.6. The lowest BCUT2D eigenvalue weighted by atomic mass is 10.1. The summed E-state index contributed by atoms with van der Waals surface area (Å²) >= 11 is 0. The predicted octanol–water partition coefficient (Wildman–Crippen LogP) is 0.715. The van der Waals surface area contributed by atoms with Crippen molar-refractivity contribution < 1.29 is 0 Å². The Balaban J connectivity index is 1.63. The zero-order valence-corrected chi connectivity index (χ0v) is 11.0. The number of rotatable bonds is 4. The molecule has 1 N–H and O–H groups in total. The van der Waals surface area contributed by atoms with Crippen LogP contribution in [0.2, 0.25) is 0 Å². The highest BCUT2D eigenvalue weighted by molar-refractivity contribution is 5.34. The maximum absolute atomic E-state index is 4.03. The average Bonchev–Trinajstić information content (AvgIpc) is 3.01. The SMILES string of the molecule is c1cc(CCN2CCNCC2)cc(-n2ccnn2)c1. The fourth-order valence-electron chi connectivity index (χ4n) is 2.42. The molecule has 0 aliphatic carbocycles. The molecule has 1 saturated heterocycles. The van der Waals surface area contributed by atoms with Crippen LogP contribution < -0.4 is 5.32 Å². The highest BCUT2D eigenvalue weighted by atomic mass is 15.4. The van der Waals surface area contributed by atoms with Crippen LogP contribution in [-0.2, 0) is 6.42 Å². The monoisotopic (exact) mass is 257 g/mol. The van der Waals surface area contributed by atoms with E-state index in [9.17, 15) is 0 Å². The highest BCUT2D eigenvalue weighted by Gasteiger charge is 2.09. The van der Waals surface area contributed by atoms with E-state index in [2.05, 4.69) is 44.8 Å². The molecule has 1 fully saturated rings. The number of nitrogens with one attached hydrogen (secondary N) is 1. The third-order valence-electron chi connectivity index (χ3n) is 3.52. The van der Waals surface area contributed by atoms with Crippen molar-refractivity contribution in [1.82, 2.24) is 25.2 Å². The number of hydrogen-bond donors (Lipinski definition) is 1. The number of nitrogens with zero attached hydrogens (tertiary/aromatic N) is 4. The van der Waals surface area contributed by atoms with Gasteiger partial charge in [-0.05, 0) is 24.1 Å². The van der Waals surface area contributed by atoms with E-state index in [-0.39, 0.29) is 0 Å². The number of hydrogen-bond acceptors (Lipinski definition) is 4. The van der Waals surface area contributed by atoms with Gasteiger partial charge >= 0.3 is 0 Å². The van der Waals surface area contributed by atoms with Crippen molar-refractivity contribution in [3.8, 4) is 5.69 Å². The maximum atomic E-state index is 4.03. The summed E-state index contributed by atoms with van der Waals surface area (Å²) in [6.45, 7) is 5.66. The first-order valence-electron chi connectivity index (χ1n) is 6.80. The van der Waals surface area contributed by atoms with Crippen LogP contribution >= 0.6 is 0 Å². The Morgan fingerprint density at radius 2 is 2.11 bits per heavy atom. The summed E-state index contributed by atoms with van der Waals surface area (Å²) < 4.78 is 1.80. The molecule has 1 aromatic carbocycles. The molecule has 5 nitrogen and oxygen atoms in total. The molecule has 1 aromatic heterocycles. The highest BCUT2D eigenvalue weighted by Crippen LogP contribution is 2.10. The molecule has 0 spiro atoms. The minimum absolute atomic E-state index is 1.08. The Labute approximate surface area is 113 Å². The second-order valence-electron chi connectivity index (χ2n) is 4.86. The first kappa shape index (κ1) is 12.3. The van der Waals surface area contributed by atoms with E-state index >= 15 is 0 Å². The van der Waals surface area contributed by atoms with E-state index in [1.54, 1.807) is 10.9 Å². The standard InChI is InChI=1S/C14H19N5/c1-2-13(4-8-18-9-5-15-6-10-18)12-14(3-1)19-11-7-16-17-19/h1-3,7,11-12,15H,4-6,8-10H2. The molecule has 0 saturated carbocycles. The van der Waals surface area contributed by atoms with Gasteiger partial charge in [0.2, 0.25) is 0 Å². The minimum Gasteiger partial charge on any atom is -0.314 e. The van der Waals surface area contributed by atoms with Gasteiger partial charge in [0, 0.05) is 32.7 Å². The summed E-state index contributed by atoms with van der Waals surface area (Å²) in [7, 11) is 0. The molecule has 5 heteroatoms. The van der Waals surface area contributed by atoms with Gasteiger partial charge in [0.1, 0.15) is 0 Å². The topological polar surface area (TPSA) is 46.0 Å². The molecule has 3 rings (SSSR count). The van der Waals surface area contributed by atoms with Gasteiger partial charge in [-0.3, -0.25) is 0 Å². The van der Waals surface area contributed by atoms with E-state index in [1.807, 2.05) is 6.20 Å². The predicted molar refractivity (Wildman–Crippen MR) is 74.4 cm³/mol. The molecule has 0 atom stereocenters. The number of benzene rings is 1. The Morgan fingerprint density at radius 3 is 2.89 bits per heavy atom. The second-order valence-corrected chi connectivity index (χ2v) is 4.86. The summed E-state index contributed by atoms with van der Waals surface area (Å²) in [5, 5.41) is 11.3.